The van der Waals surface area contributed by atoms with E-state index in [4.69, 9.17) is 0 Å². The average molecular weight is 321 g/mol. The third kappa shape index (κ3) is 3.24. The van der Waals surface area contributed by atoms with Crippen molar-refractivity contribution in [3.63, 3.8) is 0 Å². The van der Waals surface area contributed by atoms with E-state index in [0.717, 1.165) is 29.5 Å². The van der Waals surface area contributed by atoms with E-state index in [1.54, 1.807) is 25.2 Å². The molecule has 0 fully saturated rings. The predicted molar refractivity (Wildman–Crippen MR) is 89.5 cm³/mol. The fourth-order valence-corrected chi connectivity index (χ4v) is 4.54. The molecule has 1 aliphatic rings. The Hall–Kier alpha value is -1.24. The van der Waals surface area contributed by atoms with Gasteiger partial charge in [0.15, 0.2) is 0 Å². The van der Waals surface area contributed by atoms with Crippen molar-refractivity contribution >= 4 is 21.6 Å². The highest BCUT2D eigenvalue weighted by Crippen LogP contribution is 2.33. The summed E-state index contributed by atoms with van der Waals surface area (Å²) in [5.74, 6) is 0.669. The van der Waals surface area contributed by atoms with Crippen molar-refractivity contribution in [3.05, 3.63) is 26.6 Å². The van der Waals surface area contributed by atoms with E-state index in [9.17, 15) is 9.90 Å². The number of hydrogen-bond donors (Lipinski definition) is 2. The number of aliphatic hydroxyl groups is 1. The molecule has 0 unspecified atom stereocenters. The summed E-state index contributed by atoms with van der Waals surface area (Å²) in [6.45, 7) is 4.60. The van der Waals surface area contributed by atoms with E-state index in [-0.39, 0.29) is 5.56 Å². The van der Waals surface area contributed by atoms with Crippen molar-refractivity contribution in [3.8, 4) is 0 Å². The molecule has 0 saturated carbocycles. The minimum atomic E-state index is -0.763. The Morgan fingerprint density at radius 1 is 1.36 bits per heavy atom. The van der Waals surface area contributed by atoms with Crippen LogP contribution in [0.15, 0.2) is 4.79 Å². The van der Waals surface area contributed by atoms with Crippen LogP contribution in [0.4, 0.5) is 0 Å². The van der Waals surface area contributed by atoms with Crippen LogP contribution >= 0.6 is 11.3 Å². The first-order valence-electron chi connectivity index (χ1n) is 7.78. The SMILES string of the molecule is CN(Cc1nc2sc3c(c2c(=O)[nH]1)CCCC3)CC(C)(C)O. The van der Waals surface area contributed by atoms with E-state index in [1.807, 2.05) is 11.9 Å². The van der Waals surface area contributed by atoms with Crippen molar-refractivity contribution in [2.75, 3.05) is 13.6 Å². The van der Waals surface area contributed by atoms with E-state index in [1.165, 1.54) is 16.9 Å². The first kappa shape index (κ1) is 15.6. The maximum Gasteiger partial charge on any atom is 0.259 e. The Bertz CT molecular complexity index is 742. The monoisotopic (exact) mass is 321 g/mol. The molecule has 5 nitrogen and oxygen atoms in total. The van der Waals surface area contributed by atoms with Crippen LogP contribution in [0.2, 0.25) is 0 Å². The Balaban J connectivity index is 1.91. The van der Waals surface area contributed by atoms with E-state index in [2.05, 4.69) is 9.97 Å². The van der Waals surface area contributed by atoms with Crippen LogP contribution in [0.5, 0.6) is 0 Å². The Morgan fingerprint density at radius 2 is 2.09 bits per heavy atom. The third-order valence-corrected chi connectivity index (χ3v) is 5.14. The summed E-state index contributed by atoms with van der Waals surface area (Å²) < 4.78 is 0. The van der Waals surface area contributed by atoms with Crippen LogP contribution in [-0.4, -0.2) is 39.2 Å². The summed E-state index contributed by atoms with van der Waals surface area (Å²) >= 11 is 1.67. The predicted octanol–water partition coefficient (Wildman–Crippen LogP) is 2.07. The van der Waals surface area contributed by atoms with Gasteiger partial charge in [-0.3, -0.25) is 9.69 Å². The number of fused-ring (bicyclic) bond motifs is 3. The molecule has 0 aromatic carbocycles. The van der Waals surface area contributed by atoms with Gasteiger partial charge in [0, 0.05) is 11.4 Å². The zero-order valence-electron chi connectivity index (χ0n) is 13.4. The lowest BCUT2D eigenvalue weighted by atomic mass is 9.97. The molecule has 1 aliphatic carbocycles. The Morgan fingerprint density at radius 3 is 2.82 bits per heavy atom. The molecule has 0 bridgehead atoms. The number of rotatable bonds is 4. The quantitative estimate of drug-likeness (QED) is 0.904. The Labute approximate surface area is 134 Å². The molecule has 22 heavy (non-hydrogen) atoms. The van der Waals surface area contributed by atoms with Gasteiger partial charge in [-0.25, -0.2) is 4.98 Å². The van der Waals surface area contributed by atoms with Crippen molar-refractivity contribution in [1.29, 1.82) is 0 Å². The fourth-order valence-electron chi connectivity index (χ4n) is 3.26. The van der Waals surface area contributed by atoms with Crippen LogP contribution in [0.25, 0.3) is 10.2 Å². The van der Waals surface area contributed by atoms with E-state index >= 15 is 0 Å². The zero-order chi connectivity index (χ0) is 15.9. The summed E-state index contributed by atoms with van der Waals surface area (Å²) in [6, 6.07) is 0. The van der Waals surface area contributed by atoms with Crippen LogP contribution in [0.1, 0.15) is 43.0 Å². The lowest BCUT2D eigenvalue weighted by Crippen LogP contribution is -2.36. The Kier molecular flexibility index (Phi) is 4.09. The smallest absolute Gasteiger partial charge is 0.259 e. The normalized spacial score (nSPS) is 15.5. The van der Waals surface area contributed by atoms with Crippen molar-refractivity contribution in [2.45, 2.75) is 51.7 Å². The molecule has 0 atom stereocenters. The van der Waals surface area contributed by atoms with Crippen LogP contribution in [-0.2, 0) is 19.4 Å². The molecule has 0 saturated heterocycles. The topological polar surface area (TPSA) is 69.2 Å². The maximum atomic E-state index is 12.4. The van der Waals surface area contributed by atoms with Crippen LogP contribution < -0.4 is 5.56 Å². The number of hydrogen-bond acceptors (Lipinski definition) is 5. The number of nitrogens with zero attached hydrogens (tertiary/aromatic N) is 2. The van der Waals surface area contributed by atoms with Gasteiger partial charge >= 0.3 is 0 Å². The van der Waals surface area contributed by atoms with Crippen LogP contribution in [0.3, 0.4) is 0 Å². The summed E-state index contributed by atoms with van der Waals surface area (Å²) in [5.41, 5.74) is 0.439. The van der Waals surface area contributed by atoms with Gasteiger partial charge in [-0.1, -0.05) is 0 Å². The molecule has 0 aliphatic heterocycles. The van der Waals surface area contributed by atoms with Gasteiger partial charge in [-0.2, -0.15) is 0 Å². The number of H-pyrrole nitrogens is 1. The highest BCUT2D eigenvalue weighted by molar-refractivity contribution is 7.18. The first-order valence-corrected chi connectivity index (χ1v) is 8.59. The fraction of sp³-hybridized carbons (Fsp3) is 0.625. The second-order valence-corrected chi connectivity index (χ2v) is 7.97. The van der Waals surface area contributed by atoms with Gasteiger partial charge in [0.1, 0.15) is 10.7 Å². The maximum absolute atomic E-state index is 12.4. The number of nitrogens with one attached hydrogen (secondary N) is 1. The number of aryl methyl sites for hydroxylation is 2. The minimum Gasteiger partial charge on any atom is -0.389 e. The number of aromatic amines is 1. The molecule has 2 N–H and O–H groups in total. The van der Waals surface area contributed by atoms with Crippen molar-refractivity contribution < 1.29 is 5.11 Å². The molecule has 0 radical (unpaired) electrons. The molecule has 2 heterocycles. The van der Waals surface area contributed by atoms with E-state index < -0.39 is 5.60 Å². The summed E-state index contributed by atoms with van der Waals surface area (Å²) in [6.07, 6.45) is 4.44. The molecule has 6 heteroatoms. The highest BCUT2D eigenvalue weighted by Gasteiger charge is 2.21. The van der Waals surface area contributed by atoms with Gasteiger partial charge in [-0.15, -0.1) is 11.3 Å². The number of likely N-dealkylation sites (N-methyl/N-ethyl adjacent to an activating group) is 1. The molecular weight excluding hydrogens is 298 g/mol. The van der Waals surface area contributed by atoms with Crippen LogP contribution in [0, 0.1) is 0 Å². The van der Waals surface area contributed by atoms with Gasteiger partial charge in [-0.05, 0) is 52.1 Å². The zero-order valence-corrected chi connectivity index (χ0v) is 14.2. The van der Waals surface area contributed by atoms with E-state index in [0.29, 0.717) is 18.9 Å². The van der Waals surface area contributed by atoms with Crippen molar-refractivity contribution in [2.24, 2.45) is 0 Å². The molecule has 3 rings (SSSR count). The number of thiophene rings is 1. The standard InChI is InChI=1S/C16H23N3O2S/c1-16(2,21)9-19(3)8-12-17-14(20)13-10-6-4-5-7-11(10)22-15(13)18-12/h21H,4-9H2,1-3H3,(H,17,18,20). The minimum absolute atomic E-state index is 0.0175. The second kappa shape index (κ2) is 5.76. The average Bonchev–Trinajstić information content (AvgIpc) is 2.74. The van der Waals surface area contributed by atoms with Crippen molar-refractivity contribution in [1.82, 2.24) is 14.9 Å². The van der Waals surface area contributed by atoms with Gasteiger partial charge in [0.05, 0.1) is 17.5 Å². The summed E-state index contributed by atoms with van der Waals surface area (Å²) in [7, 11) is 1.92. The van der Waals surface area contributed by atoms with Gasteiger partial charge in [0.2, 0.25) is 0 Å². The summed E-state index contributed by atoms with van der Waals surface area (Å²) in [5, 5.41) is 10.7. The molecule has 2 aromatic rings. The molecule has 120 valence electrons. The van der Waals surface area contributed by atoms with Gasteiger partial charge < -0.3 is 10.1 Å². The third-order valence-electron chi connectivity index (χ3n) is 3.95. The molecular formula is C16H23N3O2S. The lowest BCUT2D eigenvalue weighted by molar-refractivity contribution is 0.0418. The van der Waals surface area contributed by atoms with Gasteiger partial charge in [0.25, 0.3) is 5.56 Å². The lowest BCUT2D eigenvalue weighted by Gasteiger charge is -2.24. The highest BCUT2D eigenvalue weighted by atomic mass is 32.1. The molecule has 0 spiro atoms. The largest absolute Gasteiger partial charge is 0.389 e. The molecule has 2 aromatic heterocycles. The number of aromatic nitrogens is 2. The first-order chi connectivity index (χ1) is 10.3. The molecule has 0 amide bonds. The summed E-state index contributed by atoms with van der Waals surface area (Å²) in [4.78, 5) is 24.2. The second-order valence-electron chi connectivity index (χ2n) is 6.89.